The van der Waals surface area contributed by atoms with Crippen molar-refractivity contribution < 1.29 is 54.0 Å². The first-order valence-corrected chi connectivity index (χ1v) is 10.2. The third-order valence-electron chi connectivity index (χ3n) is 5.04. The summed E-state index contributed by atoms with van der Waals surface area (Å²) < 4.78 is 11.9. The summed E-state index contributed by atoms with van der Waals surface area (Å²) in [6.45, 7) is 12.9. The van der Waals surface area contributed by atoms with Gasteiger partial charge in [0.1, 0.15) is 6.10 Å². The molecule has 3 nitrogen and oxygen atoms in total. The van der Waals surface area contributed by atoms with E-state index in [0.717, 1.165) is 12.8 Å². The maximum Gasteiger partial charge on any atom is 1.00 e. The van der Waals surface area contributed by atoms with Gasteiger partial charge in [-0.25, -0.2) is 0 Å². The van der Waals surface area contributed by atoms with E-state index in [1.807, 2.05) is 0 Å². The molecular formula is C15H27ClHgO3Si. The molecule has 0 amide bonds. The second-order valence-electron chi connectivity index (χ2n) is 7.58. The van der Waals surface area contributed by atoms with Crippen LogP contribution in [0.1, 0.15) is 40.5 Å². The minimum absolute atomic E-state index is 0. The number of carbonyl (C=O) groups excluding carboxylic acids is 1. The van der Waals surface area contributed by atoms with Crippen molar-refractivity contribution in [3.8, 4) is 0 Å². The predicted octanol–water partition coefficient (Wildman–Crippen LogP) is 0.554. The Morgan fingerprint density at radius 1 is 1.24 bits per heavy atom. The molecule has 0 aromatic carbocycles. The number of carbonyl (C=O) groups is 1. The van der Waals surface area contributed by atoms with Gasteiger partial charge in [-0.05, 0) is 42.8 Å². The number of hydrogen-bond donors (Lipinski definition) is 0. The molecule has 0 N–H and O–H groups in total. The molecule has 0 heterocycles. The Morgan fingerprint density at radius 2 is 1.81 bits per heavy atom. The Bertz CT molecular complexity index is 370. The minimum Gasteiger partial charge on any atom is -1.00 e. The molecule has 6 heteroatoms. The average molecular weight is 520 g/mol. The predicted molar refractivity (Wildman–Crippen MR) is 78.1 cm³/mol. The Hall–Kier alpha value is 0.872. The van der Waals surface area contributed by atoms with E-state index in [-0.39, 0.29) is 57.2 Å². The maximum absolute atomic E-state index is 11.1. The summed E-state index contributed by atoms with van der Waals surface area (Å²) in [6, 6.07) is 0. The van der Waals surface area contributed by atoms with Crippen LogP contribution in [0.25, 0.3) is 0 Å². The smallest absolute Gasteiger partial charge is 1.00 e. The standard InChI is InChI=1S/C15H27O3Si.ClH.Hg/c1-10(16)17-13-8-12-7-11(13)9-14(12)18-19(5,6)15(2,3)4;;/h8,11-14H,7,9H2,1-6H3;1H;/q;;+1/p-1/t11-,12-,13+,14-;;/m0../s1. The summed E-state index contributed by atoms with van der Waals surface area (Å²) in [4.78, 5) is 11.1. The fourth-order valence-electron chi connectivity index (χ4n) is 2.96. The number of ether oxygens (including phenoxy) is 1. The monoisotopic (exact) mass is 520 g/mol. The van der Waals surface area contributed by atoms with Crippen LogP contribution in [0.3, 0.4) is 0 Å². The molecule has 0 aromatic heterocycles. The molecule has 2 rings (SSSR count). The quantitative estimate of drug-likeness (QED) is 0.404. The zero-order chi connectivity index (χ0) is 14.4. The van der Waals surface area contributed by atoms with Gasteiger partial charge in [0.25, 0.3) is 0 Å². The topological polar surface area (TPSA) is 35.5 Å². The number of halogens is 1. The van der Waals surface area contributed by atoms with E-state index in [9.17, 15) is 4.79 Å². The summed E-state index contributed by atoms with van der Waals surface area (Å²) in [5.41, 5.74) is 0. The Labute approximate surface area is 157 Å². The second kappa shape index (κ2) is 7.63. The molecule has 118 valence electrons. The van der Waals surface area contributed by atoms with Crippen LogP contribution < -0.4 is 12.4 Å². The molecule has 2 fully saturated rings. The van der Waals surface area contributed by atoms with Crippen molar-refractivity contribution >= 4 is 14.3 Å². The van der Waals surface area contributed by atoms with Crippen LogP contribution in [0, 0.1) is 18.3 Å². The Balaban J connectivity index is 0.00000200. The van der Waals surface area contributed by atoms with Crippen molar-refractivity contribution in [3.05, 3.63) is 6.42 Å². The molecule has 0 spiro atoms. The average Bonchev–Trinajstić information content (AvgIpc) is 2.73. The molecule has 4 atom stereocenters. The van der Waals surface area contributed by atoms with Crippen LogP contribution in [-0.4, -0.2) is 26.5 Å². The zero-order valence-corrected chi connectivity index (χ0v) is 21.4. The molecule has 2 aliphatic rings. The third kappa shape index (κ3) is 4.92. The zero-order valence-electron chi connectivity index (χ0n) is 14.1. The van der Waals surface area contributed by atoms with Crippen molar-refractivity contribution in [2.75, 3.05) is 0 Å². The molecule has 0 saturated heterocycles. The first-order chi connectivity index (χ1) is 8.60. The van der Waals surface area contributed by atoms with Crippen molar-refractivity contribution in [1.29, 1.82) is 0 Å². The largest absolute Gasteiger partial charge is 1.00 e. The van der Waals surface area contributed by atoms with E-state index in [1.54, 1.807) is 0 Å². The van der Waals surface area contributed by atoms with Gasteiger partial charge >= 0.3 is 33.6 Å². The number of rotatable bonds is 3. The van der Waals surface area contributed by atoms with Gasteiger partial charge in [-0.3, -0.25) is 4.79 Å². The van der Waals surface area contributed by atoms with E-state index in [4.69, 9.17) is 9.16 Å². The van der Waals surface area contributed by atoms with Crippen LogP contribution in [-0.2, 0) is 41.6 Å². The van der Waals surface area contributed by atoms with Gasteiger partial charge in [0.2, 0.25) is 0 Å². The Kier molecular flexibility index (Phi) is 7.94. The van der Waals surface area contributed by atoms with Gasteiger partial charge in [-0.1, -0.05) is 20.8 Å². The number of fused-ring (bicyclic) bond motifs is 2. The molecule has 2 radical (unpaired) electrons. The summed E-state index contributed by atoms with van der Waals surface area (Å²) in [5.74, 6) is 0.780. The molecule has 2 bridgehead atoms. The van der Waals surface area contributed by atoms with E-state index in [0.29, 0.717) is 17.9 Å². The van der Waals surface area contributed by atoms with Crippen molar-refractivity contribution in [2.45, 2.75) is 70.9 Å². The molecular weight excluding hydrogens is 492 g/mol. The molecule has 21 heavy (non-hydrogen) atoms. The van der Waals surface area contributed by atoms with Crippen LogP contribution in [0.4, 0.5) is 0 Å². The van der Waals surface area contributed by atoms with Crippen LogP contribution in [0.2, 0.25) is 18.1 Å². The summed E-state index contributed by atoms with van der Waals surface area (Å²) in [5, 5.41) is 0.254. The molecule has 0 aliphatic heterocycles. The number of esters is 1. The van der Waals surface area contributed by atoms with Gasteiger partial charge in [0.15, 0.2) is 8.32 Å². The van der Waals surface area contributed by atoms with Crippen LogP contribution in [0.15, 0.2) is 0 Å². The third-order valence-corrected chi connectivity index (χ3v) is 9.55. The fourth-order valence-corrected chi connectivity index (χ4v) is 4.34. The van der Waals surface area contributed by atoms with Crippen LogP contribution >= 0.6 is 0 Å². The first-order valence-electron chi connectivity index (χ1n) is 7.30. The van der Waals surface area contributed by atoms with E-state index < -0.39 is 8.32 Å². The molecule has 0 aromatic rings. The summed E-state index contributed by atoms with van der Waals surface area (Å²) in [6.07, 6.45) is 4.75. The van der Waals surface area contributed by atoms with Gasteiger partial charge in [0.05, 0.1) is 0 Å². The van der Waals surface area contributed by atoms with E-state index >= 15 is 0 Å². The van der Waals surface area contributed by atoms with Crippen molar-refractivity contribution in [3.63, 3.8) is 0 Å². The summed E-state index contributed by atoms with van der Waals surface area (Å²) in [7, 11) is -1.69. The maximum atomic E-state index is 11.1. The van der Waals surface area contributed by atoms with Crippen molar-refractivity contribution in [2.24, 2.45) is 11.8 Å². The fraction of sp³-hybridized carbons (Fsp3) is 0.867. The van der Waals surface area contributed by atoms with Crippen LogP contribution in [0.5, 0.6) is 0 Å². The summed E-state index contributed by atoms with van der Waals surface area (Å²) >= 11 is 0. The van der Waals surface area contributed by atoms with Gasteiger partial charge in [-0.15, -0.1) is 0 Å². The minimum atomic E-state index is -1.69. The van der Waals surface area contributed by atoms with Crippen molar-refractivity contribution in [1.82, 2.24) is 0 Å². The molecule has 2 aliphatic carbocycles. The van der Waals surface area contributed by atoms with E-state index in [1.165, 1.54) is 6.92 Å². The first kappa shape index (κ1) is 21.9. The van der Waals surface area contributed by atoms with Gasteiger partial charge in [0, 0.05) is 19.4 Å². The molecule has 2 saturated carbocycles. The SMILES string of the molecule is CC(=O)O[C@@H]1[CH][C@@H]2C[C@H]1C[C@@H]2O[Si](C)(C)C(C)(C)C.[Cl-].[Hg+]. The van der Waals surface area contributed by atoms with Gasteiger partial charge in [-0.2, -0.15) is 0 Å². The Morgan fingerprint density at radius 3 is 2.19 bits per heavy atom. The number of hydrogen-bond acceptors (Lipinski definition) is 3. The normalized spacial score (nSPS) is 31.3. The van der Waals surface area contributed by atoms with Gasteiger partial charge < -0.3 is 21.6 Å². The second-order valence-corrected chi connectivity index (χ2v) is 12.3. The molecule has 0 unspecified atom stereocenters. The van der Waals surface area contributed by atoms with E-state index in [2.05, 4.69) is 40.3 Å².